The van der Waals surface area contributed by atoms with E-state index in [-0.39, 0.29) is 18.5 Å². The minimum atomic E-state index is -0.287. The number of amides is 3. The van der Waals surface area contributed by atoms with Crippen molar-refractivity contribution in [1.82, 2.24) is 4.90 Å². The Kier molecular flexibility index (Phi) is 4.56. The summed E-state index contributed by atoms with van der Waals surface area (Å²) < 4.78 is 0. The average molecular weight is 323 g/mol. The van der Waals surface area contributed by atoms with Crippen molar-refractivity contribution in [3.63, 3.8) is 0 Å². The van der Waals surface area contributed by atoms with Crippen LogP contribution in [0.2, 0.25) is 0 Å². The number of carbonyl (C=O) groups excluding carboxylic acids is 3. The molecule has 122 valence electrons. The summed E-state index contributed by atoms with van der Waals surface area (Å²) in [6.45, 7) is 0.884. The van der Waals surface area contributed by atoms with Gasteiger partial charge < -0.3 is 15.1 Å². The number of piperazine rings is 1. The van der Waals surface area contributed by atoms with E-state index in [1.165, 1.54) is 4.90 Å². The molecule has 0 unspecified atom stereocenters. The zero-order chi connectivity index (χ0) is 16.9. The number of hydrogen-bond donors (Lipinski definition) is 1. The second-order valence-electron chi connectivity index (χ2n) is 5.47. The van der Waals surface area contributed by atoms with Crippen molar-refractivity contribution in [3.05, 3.63) is 60.2 Å². The maximum atomic E-state index is 12.4. The van der Waals surface area contributed by atoms with Crippen molar-refractivity contribution >= 4 is 29.6 Å². The first-order valence-electron chi connectivity index (χ1n) is 7.64. The summed E-state index contributed by atoms with van der Waals surface area (Å²) >= 11 is 0. The van der Waals surface area contributed by atoms with E-state index < -0.39 is 0 Å². The first kappa shape index (κ1) is 15.7. The molecule has 0 saturated carbocycles. The van der Waals surface area contributed by atoms with Crippen molar-refractivity contribution < 1.29 is 14.4 Å². The monoisotopic (exact) mass is 323 g/mol. The fourth-order valence-electron chi connectivity index (χ4n) is 2.58. The molecule has 0 spiro atoms. The van der Waals surface area contributed by atoms with Gasteiger partial charge >= 0.3 is 6.03 Å². The molecule has 0 radical (unpaired) electrons. The summed E-state index contributed by atoms with van der Waals surface area (Å²) in [5.74, 6) is -0.150. The SMILES string of the molecule is O=Cc1ccc(N2CCN(C(=O)Nc3ccccc3)CC2=O)cc1. The first-order chi connectivity index (χ1) is 11.7. The maximum absolute atomic E-state index is 12.4. The molecule has 2 aromatic carbocycles. The van der Waals surface area contributed by atoms with E-state index in [0.717, 1.165) is 12.0 Å². The largest absolute Gasteiger partial charge is 0.322 e. The fraction of sp³-hybridized carbons (Fsp3) is 0.167. The van der Waals surface area contributed by atoms with Crippen molar-refractivity contribution in [2.24, 2.45) is 0 Å². The van der Waals surface area contributed by atoms with Crippen molar-refractivity contribution in [2.45, 2.75) is 0 Å². The summed E-state index contributed by atoms with van der Waals surface area (Å²) in [6, 6.07) is 15.7. The minimum absolute atomic E-state index is 0.0219. The smallest absolute Gasteiger partial charge is 0.313 e. The number of anilines is 2. The van der Waals surface area contributed by atoms with Gasteiger partial charge in [-0.05, 0) is 36.4 Å². The summed E-state index contributed by atoms with van der Waals surface area (Å²) in [4.78, 5) is 38.4. The summed E-state index contributed by atoms with van der Waals surface area (Å²) in [7, 11) is 0. The summed E-state index contributed by atoms with van der Waals surface area (Å²) in [5.41, 5.74) is 1.99. The molecule has 1 aliphatic heterocycles. The second-order valence-corrected chi connectivity index (χ2v) is 5.47. The van der Waals surface area contributed by atoms with Gasteiger partial charge in [-0.3, -0.25) is 9.59 Å². The topological polar surface area (TPSA) is 69.7 Å². The Labute approximate surface area is 139 Å². The lowest BCUT2D eigenvalue weighted by Gasteiger charge is -2.34. The number of rotatable bonds is 3. The molecule has 0 aromatic heterocycles. The fourth-order valence-corrected chi connectivity index (χ4v) is 2.58. The Bertz CT molecular complexity index is 744. The summed E-state index contributed by atoms with van der Waals surface area (Å²) in [5, 5.41) is 2.78. The molecule has 1 fully saturated rings. The van der Waals surface area contributed by atoms with Crippen molar-refractivity contribution in [3.8, 4) is 0 Å². The molecule has 1 N–H and O–H groups in total. The van der Waals surface area contributed by atoms with E-state index in [1.807, 2.05) is 18.2 Å². The van der Waals surface area contributed by atoms with Crippen LogP contribution < -0.4 is 10.2 Å². The molecule has 1 aliphatic rings. The lowest BCUT2D eigenvalue weighted by molar-refractivity contribution is -0.120. The molecule has 0 atom stereocenters. The quantitative estimate of drug-likeness (QED) is 0.882. The highest BCUT2D eigenvalue weighted by Crippen LogP contribution is 2.18. The Morgan fingerprint density at radius 1 is 1.00 bits per heavy atom. The Hall–Kier alpha value is -3.15. The van der Waals surface area contributed by atoms with Crippen molar-refractivity contribution in [2.75, 3.05) is 29.9 Å². The second kappa shape index (κ2) is 6.95. The van der Waals surface area contributed by atoms with Crippen LogP contribution in [0.3, 0.4) is 0 Å². The highest BCUT2D eigenvalue weighted by Gasteiger charge is 2.28. The third kappa shape index (κ3) is 3.43. The zero-order valence-corrected chi connectivity index (χ0v) is 13.0. The number of nitrogens with zero attached hydrogens (tertiary/aromatic N) is 2. The molecule has 3 amide bonds. The van der Waals surface area contributed by atoms with Crippen LogP contribution in [0.25, 0.3) is 0 Å². The van der Waals surface area contributed by atoms with Crippen LogP contribution in [0.4, 0.5) is 16.2 Å². The number of para-hydroxylation sites is 1. The van der Waals surface area contributed by atoms with Gasteiger partial charge in [0, 0.05) is 30.0 Å². The van der Waals surface area contributed by atoms with Gasteiger partial charge in [0.15, 0.2) is 0 Å². The average Bonchev–Trinajstić information content (AvgIpc) is 2.62. The Morgan fingerprint density at radius 2 is 1.71 bits per heavy atom. The Morgan fingerprint density at radius 3 is 2.33 bits per heavy atom. The van der Waals surface area contributed by atoms with Gasteiger partial charge in [0.05, 0.1) is 0 Å². The van der Waals surface area contributed by atoms with Gasteiger partial charge in [-0.1, -0.05) is 18.2 Å². The number of carbonyl (C=O) groups is 3. The van der Waals surface area contributed by atoms with Gasteiger partial charge in [0.1, 0.15) is 12.8 Å². The first-order valence-corrected chi connectivity index (χ1v) is 7.64. The lowest BCUT2D eigenvalue weighted by Crippen LogP contribution is -2.53. The van der Waals surface area contributed by atoms with Crippen LogP contribution in [0.1, 0.15) is 10.4 Å². The third-order valence-electron chi connectivity index (χ3n) is 3.87. The number of nitrogens with one attached hydrogen (secondary N) is 1. The molecular weight excluding hydrogens is 306 g/mol. The number of hydrogen-bond acceptors (Lipinski definition) is 3. The molecule has 6 heteroatoms. The minimum Gasteiger partial charge on any atom is -0.313 e. The van der Waals surface area contributed by atoms with E-state index in [2.05, 4.69) is 5.32 Å². The van der Waals surface area contributed by atoms with E-state index in [0.29, 0.717) is 24.3 Å². The van der Waals surface area contributed by atoms with Crippen LogP contribution in [-0.2, 0) is 4.79 Å². The molecule has 3 rings (SSSR count). The van der Waals surface area contributed by atoms with Gasteiger partial charge in [0.2, 0.25) is 5.91 Å². The number of aldehydes is 1. The van der Waals surface area contributed by atoms with Crippen LogP contribution in [0.15, 0.2) is 54.6 Å². The predicted octanol–water partition coefficient (Wildman–Crippen LogP) is 2.38. The maximum Gasteiger partial charge on any atom is 0.322 e. The molecule has 1 heterocycles. The van der Waals surface area contributed by atoms with Crippen LogP contribution in [0, 0.1) is 0 Å². The van der Waals surface area contributed by atoms with Crippen molar-refractivity contribution in [1.29, 1.82) is 0 Å². The molecule has 6 nitrogen and oxygen atoms in total. The van der Waals surface area contributed by atoms with Gasteiger partial charge in [-0.15, -0.1) is 0 Å². The van der Waals surface area contributed by atoms with E-state index >= 15 is 0 Å². The predicted molar refractivity (Wildman–Crippen MR) is 91.2 cm³/mol. The highest BCUT2D eigenvalue weighted by atomic mass is 16.2. The standard InChI is InChI=1S/C18H17N3O3/c22-13-14-6-8-16(9-7-14)21-11-10-20(12-17(21)23)18(24)19-15-4-2-1-3-5-15/h1-9,13H,10-12H2,(H,19,24). The lowest BCUT2D eigenvalue weighted by atomic mass is 10.2. The van der Waals surface area contributed by atoms with E-state index in [9.17, 15) is 14.4 Å². The van der Waals surface area contributed by atoms with E-state index in [4.69, 9.17) is 0 Å². The molecule has 24 heavy (non-hydrogen) atoms. The molecule has 2 aromatic rings. The Balaban J connectivity index is 1.63. The number of benzene rings is 2. The van der Waals surface area contributed by atoms with Gasteiger partial charge in [-0.25, -0.2) is 4.79 Å². The van der Waals surface area contributed by atoms with Gasteiger partial charge in [-0.2, -0.15) is 0 Å². The molecular formula is C18H17N3O3. The third-order valence-corrected chi connectivity index (χ3v) is 3.87. The highest BCUT2D eigenvalue weighted by molar-refractivity contribution is 6.00. The summed E-state index contributed by atoms with van der Waals surface area (Å²) in [6.07, 6.45) is 0.761. The number of urea groups is 1. The van der Waals surface area contributed by atoms with Crippen LogP contribution in [-0.4, -0.2) is 42.8 Å². The zero-order valence-electron chi connectivity index (χ0n) is 13.0. The van der Waals surface area contributed by atoms with E-state index in [1.54, 1.807) is 41.3 Å². The molecule has 1 saturated heterocycles. The van der Waals surface area contributed by atoms with Crippen LogP contribution >= 0.6 is 0 Å². The van der Waals surface area contributed by atoms with Crippen LogP contribution in [0.5, 0.6) is 0 Å². The molecule has 0 bridgehead atoms. The molecule has 0 aliphatic carbocycles. The normalized spacial score (nSPS) is 14.4. The van der Waals surface area contributed by atoms with Gasteiger partial charge in [0.25, 0.3) is 0 Å².